The van der Waals surface area contributed by atoms with Gasteiger partial charge in [-0.2, -0.15) is 5.10 Å². The zero-order chi connectivity index (χ0) is 9.97. The van der Waals surface area contributed by atoms with Gasteiger partial charge in [0.1, 0.15) is 5.69 Å². The van der Waals surface area contributed by atoms with Gasteiger partial charge in [0.05, 0.1) is 4.88 Å². The molecule has 74 valence electrons. The first kappa shape index (κ1) is 9.46. The molecule has 0 amide bonds. The van der Waals surface area contributed by atoms with Gasteiger partial charge in [-0.05, 0) is 29.9 Å². The summed E-state index contributed by atoms with van der Waals surface area (Å²) in [6.45, 7) is 4.40. The Morgan fingerprint density at radius 3 is 3.07 bits per heavy atom. The molecule has 0 aliphatic carbocycles. The number of rotatable bonds is 3. The minimum absolute atomic E-state index is 0.566. The van der Waals surface area contributed by atoms with Crippen molar-refractivity contribution in [1.29, 1.82) is 0 Å². The molecule has 14 heavy (non-hydrogen) atoms. The van der Waals surface area contributed by atoms with Gasteiger partial charge in [0.15, 0.2) is 0 Å². The molecule has 0 fully saturated rings. The van der Waals surface area contributed by atoms with Crippen molar-refractivity contribution in [3.05, 3.63) is 29.3 Å². The molecule has 0 bridgehead atoms. The predicted octanol–water partition coefficient (Wildman–Crippen LogP) is 3.65. The minimum atomic E-state index is 0.566. The Bertz CT molecular complexity index is 389. The summed E-state index contributed by atoms with van der Waals surface area (Å²) in [4.78, 5) is 1.23. The minimum Gasteiger partial charge on any atom is -0.282 e. The zero-order valence-electron chi connectivity index (χ0n) is 8.45. The van der Waals surface area contributed by atoms with E-state index in [1.54, 1.807) is 11.3 Å². The Morgan fingerprint density at radius 2 is 2.43 bits per heavy atom. The van der Waals surface area contributed by atoms with Crippen LogP contribution in [0.3, 0.4) is 0 Å². The zero-order valence-corrected chi connectivity index (χ0v) is 9.27. The van der Waals surface area contributed by atoms with Crippen molar-refractivity contribution in [3.63, 3.8) is 0 Å². The van der Waals surface area contributed by atoms with Crippen LogP contribution in [0.2, 0.25) is 0 Å². The van der Waals surface area contributed by atoms with E-state index in [0.717, 1.165) is 12.1 Å². The van der Waals surface area contributed by atoms with Crippen molar-refractivity contribution in [1.82, 2.24) is 10.2 Å². The highest BCUT2D eigenvalue weighted by Gasteiger charge is 2.08. The molecular formula is C11H14N2S. The van der Waals surface area contributed by atoms with Gasteiger partial charge in [0.25, 0.3) is 0 Å². The highest BCUT2D eigenvalue weighted by Crippen LogP contribution is 2.26. The van der Waals surface area contributed by atoms with Crippen LogP contribution in [0.25, 0.3) is 10.6 Å². The summed E-state index contributed by atoms with van der Waals surface area (Å²) in [6, 6.07) is 6.30. The SMILES string of the molecule is CCC(C)c1cc(-c2cccs2)n[nH]1. The molecule has 3 heteroatoms. The molecule has 1 unspecified atom stereocenters. The number of H-pyrrole nitrogens is 1. The number of nitrogens with one attached hydrogen (secondary N) is 1. The van der Waals surface area contributed by atoms with Gasteiger partial charge in [-0.15, -0.1) is 11.3 Å². The molecule has 1 atom stereocenters. The number of hydrogen-bond donors (Lipinski definition) is 1. The normalized spacial score (nSPS) is 13.0. The molecule has 1 N–H and O–H groups in total. The summed E-state index contributed by atoms with van der Waals surface area (Å²) >= 11 is 1.73. The molecule has 2 rings (SSSR count). The summed E-state index contributed by atoms with van der Waals surface area (Å²) < 4.78 is 0. The van der Waals surface area contributed by atoms with E-state index in [0.29, 0.717) is 5.92 Å². The average Bonchev–Trinajstić information content (AvgIpc) is 2.86. The predicted molar refractivity (Wildman–Crippen MR) is 60.6 cm³/mol. The van der Waals surface area contributed by atoms with Crippen molar-refractivity contribution < 1.29 is 0 Å². The molecule has 2 aromatic heterocycles. The van der Waals surface area contributed by atoms with E-state index in [2.05, 4.69) is 47.6 Å². The van der Waals surface area contributed by atoms with Crippen LogP contribution in [0, 0.1) is 0 Å². The van der Waals surface area contributed by atoms with Crippen molar-refractivity contribution in [2.24, 2.45) is 0 Å². The molecule has 0 saturated heterocycles. The maximum absolute atomic E-state index is 4.31. The van der Waals surface area contributed by atoms with Crippen LogP contribution in [0.5, 0.6) is 0 Å². The maximum atomic E-state index is 4.31. The van der Waals surface area contributed by atoms with Crippen LogP contribution in [-0.2, 0) is 0 Å². The third-order valence-corrected chi connectivity index (χ3v) is 3.41. The van der Waals surface area contributed by atoms with E-state index in [1.165, 1.54) is 10.6 Å². The van der Waals surface area contributed by atoms with E-state index < -0.39 is 0 Å². The van der Waals surface area contributed by atoms with Crippen LogP contribution in [0.15, 0.2) is 23.6 Å². The highest BCUT2D eigenvalue weighted by molar-refractivity contribution is 7.13. The van der Waals surface area contributed by atoms with Crippen molar-refractivity contribution in [2.75, 3.05) is 0 Å². The number of nitrogens with zero attached hydrogens (tertiary/aromatic N) is 1. The molecule has 0 aliphatic rings. The molecule has 0 radical (unpaired) electrons. The van der Waals surface area contributed by atoms with Crippen LogP contribution in [-0.4, -0.2) is 10.2 Å². The lowest BCUT2D eigenvalue weighted by atomic mass is 10.1. The fourth-order valence-corrected chi connectivity index (χ4v) is 2.05. The smallest absolute Gasteiger partial charge is 0.102 e. The molecular weight excluding hydrogens is 192 g/mol. The summed E-state index contributed by atoms with van der Waals surface area (Å²) in [5.74, 6) is 0.566. The maximum Gasteiger partial charge on any atom is 0.102 e. The second kappa shape index (κ2) is 3.96. The molecule has 2 aromatic rings. The van der Waals surface area contributed by atoms with E-state index in [1.807, 2.05) is 0 Å². The molecule has 2 heterocycles. The third kappa shape index (κ3) is 1.73. The first-order valence-electron chi connectivity index (χ1n) is 4.90. The Kier molecular flexibility index (Phi) is 2.68. The lowest BCUT2D eigenvalue weighted by Gasteiger charge is -2.02. The molecule has 0 saturated carbocycles. The molecule has 0 spiro atoms. The van der Waals surface area contributed by atoms with Gasteiger partial charge in [-0.3, -0.25) is 5.10 Å². The first-order chi connectivity index (χ1) is 6.81. The fraction of sp³-hybridized carbons (Fsp3) is 0.364. The number of aromatic nitrogens is 2. The lowest BCUT2D eigenvalue weighted by molar-refractivity contribution is 0.703. The molecule has 0 aromatic carbocycles. The van der Waals surface area contributed by atoms with Crippen molar-refractivity contribution in [2.45, 2.75) is 26.2 Å². The highest BCUT2D eigenvalue weighted by atomic mass is 32.1. The lowest BCUT2D eigenvalue weighted by Crippen LogP contribution is -1.90. The monoisotopic (exact) mass is 206 g/mol. The van der Waals surface area contributed by atoms with E-state index in [4.69, 9.17) is 0 Å². The van der Waals surface area contributed by atoms with E-state index in [-0.39, 0.29) is 0 Å². The van der Waals surface area contributed by atoms with Crippen LogP contribution in [0.4, 0.5) is 0 Å². The van der Waals surface area contributed by atoms with Crippen molar-refractivity contribution in [3.8, 4) is 10.6 Å². The van der Waals surface area contributed by atoms with Crippen LogP contribution in [0.1, 0.15) is 31.9 Å². The number of aromatic amines is 1. The largest absolute Gasteiger partial charge is 0.282 e. The summed E-state index contributed by atoms with van der Waals surface area (Å²) in [5.41, 5.74) is 2.30. The van der Waals surface area contributed by atoms with Crippen LogP contribution < -0.4 is 0 Å². The van der Waals surface area contributed by atoms with Gasteiger partial charge in [0.2, 0.25) is 0 Å². The molecule has 0 aliphatic heterocycles. The molecule has 2 nitrogen and oxygen atoms in total. The summed E-state index contributed by atoms with van der Waals surface area (Å²) in [5, 5.41) is 9.49. The van der Waals surface area contributed by atoms with Crippen molar-refractivity contribution >= 4 is 11.3 Å². The average molecular weight is 206 g/mol. The Hall–Kier alpha value is -1.09. The second-order valence-electron chi connectivity index (χ2n) is 3.50. The Labute approximate surface area is 88.0 Å². The topological polar surface area (TPSA) is 28.7 Å². The standard InChI is InChI=1S/C11H14N2S/c1-3-8(2)9-7-10(13-12-9)11-5-4-6-14-11/h4-8H,3H2,1-2H3,(H,12,13). The quantitative estimate of drug-likeness (QED) is 0.815. The van der Waals surface area contributed by atoms with Gasteiger partial charge in [0, 0.05) is 5.69 Å². The van der Waals surface area contributed by atoms with Gasteiger partial charge >= 0.3 is 0 Å². The fourth-order valence-electron chi connectivity index (χ4n) is 1.36. The summed E-state index contributed by atoms with van der Waals surface area (Å²) in [7, 11) is 0. The Morgan fingerprint density at radius 1 is 1.57 bits per heavy atom. The second-order valence-corrected chi connectivity index (χ2v) is 4.44. The third-order valence-electron chi connectivity index (χ3n) is 2.51. The first-order valence-corrected chi connectivity index (χ1v) is 5.78. The van der Waals surface area contributed by atoms with Gasteiger partial charge in [-0.1, -0.05) is 19.9 Å². The number of hydrogen-bond acceptors (Lipinski definition) is 2. The van der Waals surface area contributed by atoms with Gasteiger partial charge < -0.3 is 0 Å². The van der Waals surface area contributed by atoms with Crippen LogP contribution >= 0.6 is 11.3 Å². The summed E-state index contributed by atoms with van der Waals surface area (Å²) in [6.07, 6.45) is 1.14. The van der Waals surface area contributed by atoms with Gasteiger partial charge in [-0.25, -0.2) is 0 Å². The Balaban J connectivity index is 2.26. The number of thiophene rings is 1. The van der Waals surface area contributed by atoms with E-state index in [9.17, 15) is 0 Å². The van der Waals surface area contributed by atoms with E-state index >= 15 is 0 Å².